The minimum absolute atomic E-state index is 0.381. The molecule has 0 saturated heterocycles. The van der Waals surface area contributed by atoms with Crippen molar-refractivity contribution in [1.82, 2.24) is 9.55 Å². The molecule has 3 heterocycles. The van der Waals surface area contributed by atoms with Crippen molar-refractivity contribution in [1.29, 1.82) is 0 Å². The maximum atomic E-state index is 7.59. The van der Waals surface area contributed by atoms with Gasteiger partial charge in [-0.3, -0.25) is 0 Å². The second-order valence-corrected chi connectivity index (χ2v) is 5.56. The summed E-state index contributed by atoms with van der Waals surface area (Å²) >= 11 is 0. The predicted octanol–water partition coefficient (Wildman–Crippen LogP) is 2.88. The van der Waals surface area contributed by atoms with Gasteiger partial charge in [-0.05, 0) is 25.4 Å². The van der Waals surface area contributed by atoms with Crippen LogP contribution >= 0.6 is 0 Å². The number of hydrogen-bond donors (Lipinski definition) is 0. The normalized spacial score (nSPS) is 15.0. The van der Waals surface area contributed by atoms with E-state index in [-0.39, 0.29) is 0 Å². The Morgan fingerprint density at radius 3 is 3.05 bits per heavy atom. The van der Waals surface area contributed by atoms with E-state index in [0.29, 0.717) is 5.56 Å². The molecule has 0 radical (unpaired) electrons. The number of aromatic nitrogens is 3. The number of pyridine rings is 1. The van der Waals surface area contributed by atoms with Gasteiger partial charge in [-0.1, -0.05) is 17.7 Å². The van der Waals surface area contributed by atoms with Crippen molar-refractivity contribution in [2.24, 2.45) is 7.05 Å². The van der Waals surface area contributed by atoms with Gasteiger partial charge < -0.3 is 4.57 Å². The third-order valence-electron chi connectivity index (χ3n) is 4.20. The monoisotopic (exact) mass is 279 g/mol. The van der Waals surface area contributed by atoms with Crippen molar-refractivity contribution in [2.45, 2.75) is 20.2 Å². The fraction of sp³-hybridized carbons (Fsp3) is 0.222. The summed E-state index contributed by atoms with van der Waals surface area (Å²) in [6.45, 7) is -0.107. The molecule has 0 unspecified atom stereocenters. The molecular formula is C18H18N3+. The number of hydrogen-bond acceptors (Lipinski definition) is 1. The van der Waals surface area contributed by atoms with Gasteiger partial charge in [-0.15, -0.1) is 0 Å². The van der Waals surface area contributed by atoms with E-state index in [1.807, 2.05) is 38.6 Å². The molecule has 0 spiro atoms. The highest BCUT2D eigenvalue weighted by Gasteiger charge is 2.28. The summed E-state index contributed by atoms with van der Waals surface area (Å²) in [6, 6.07) is 7.51. The van der Waals surface area contributed by atoms with Crippen LogP contribution in [-0.4, -0.2) is 9.55 Å². The fourth-order valence-corrected chi connectivity index (χ4v) is 3.22. The van der Waals surface area contributed by atoms with Crippen LogP contribution in [0, 0.1) is 13.8 Å². The quantitative estimate of drug-likeness (QED) is 0.491. The van der Waals surface area contributed by atoms with Crippen molar-refractivity contribution in [3.8, 4) is 16.9 Å². The van der Waals surface area contributed by atoms with Crippen LogP contribution < -0.4 is 4.57 Å². The standard InChI is InChI=1S/C18H18N3/c1-12-4-5-14(13(2)10-12)18-15-11-17-19-7-9-21(17)16(15)6-8-20(18)3/h4-10H,11H2,1-3H3/q+1/i1D3. The molecule has 0 fully saturated rings. The van der Waals surface area contributed by atoms with E-state index in [4.69, 9.17) is 4.11 Å². The molecule has 21 heavy (non-hydrogen) atoms. The summed E-state index contributed by atoms with van der Waals surface area (Å²) in [7, 11) is 2.02. The van der Waals surface area contributed by atoms with Crippen molar-refractivity contribution in [3.63, 3.8) is 0 Å². The Morgan fingerprint density at radius 1 is 1.33 bits per heavy atom. The molecule has 0 saturated carbocycles. The van der Waals surface area contributed by atoms with Crippen molar-refractivity contribution >= 4 is 0 Å². The van der Waals surface area contributed by atoms with E-state index >= 15 is 0 Å². The molecule has 1 aromatic carbocycles. The number of aryl methyl sites for hydroxylation is 3. The lowest BCUT2D eigenvalue weighted by Gasteiger charge is -2.10. The zero-order chi connectivity index (χ0) is 17.1. The molecule has 1 aliphatic heterocycles. The fourth-order valence-electron chi connectivity index (χ4n) is 3.22. The number of fused-ring (bicyclic) bond motifs is 3. The van der Waals surface area contributed by atoms with Crippen molar-refractivity contribution < 1.29 is 8.68 Å². The van der Waals surface area contributed by atoms with Crippen LogP contribution in [-0.2, 0) is 13.5 Å². The van der Waals surface area contributed by atoms with Crippen LogP contribution in [0.2, 0.25) is 0 Å². The van der Waals surface area contributed by atoms with E-state index in [9.17, 15) is 0 Å². The molecule has 4 rings (SSSR count). The largest absolute Gasteiger partial charge is 0.303 e. The van der Waals surface area contributed by atoms with Gasteiger partial charge in [0.05, 0.1) is 11.3 Å². The summed E-state index contributed by atoms with van der Waals surface area (Å²) in [5.74, 6) is 1.04. The van der Waals surface area contributed by atoms with Crippen LogP contribution in [0.3, 0.4) is 0 Å². The van der Waals surface area contributed by atoms with Gasteiger partial charge in [0.1, 0.15) is 12.9 Å². The van der Waals surface area contributed by atoms with Gasteiger partial charge in [0.2, 0.25) is 5.69 Å². The zero-order valence-electron chi connectivity index (χ0n) is 15.1. The highest BCUT2D eigenvalue weighted by atomic mass is 15.1. The first-order chi connectivity index (χ1) is 11.4. The van der Waals surface area contributed by atoms with Gasteiger partial charge in [0.15, 0.2) is 6.20 Å². The zero-order valence-corrected chi connectivity index (χ0v) is 12.1. The van der Waals surface area contributed by atoms with Gasteiger partial charge in [0, 0.05) is 34.6 Å². The minimum Gasteiger partial charge on any atom is -0.303 e. The van der Waals surface area contributed by atoms with Crippen LogP contribution in [0.5, 0.6) is 0 Å². The summed E-state index contributed by atoms with van der Waals surface area (Å²) in [5, 5.41) is 0. The van der Waals surface area contributed by atoms with Crippen molar-refractivity contribution in [2.75, 3.05) is 0 Å². The Bertz CT molecular complexity index is 955. The number of imidazole rings is 1. The van der Waals surface area contributed by atoms with Gasteiger partial charge >= 0.3 is 0 Å². The van der Waals surface area contributed by atoms with Gasteiger partial charge in [-0.25, -0.2) is 9.55 Å². The number of rotatable bonds is 1. The molecule has 0 bridgehead atoms. The summed E-state index contributed by atoms with van der Waals surface area (Å²) < 4.78 is 27.0. The lowest BCUT2D eigenvalue weighted by Crippen LogP contribution is -2.32. The molecule has 3 aromatic rings. The molecule has 3 heteroatoms. The maximum absolute atomic E-state index is 7.59. The van der Waals surface area contributed by atoms with Crippen LogP contribution in [0.15, 0.2) is 42.9 Å². The Labute approximate surface area is 128 Å². The van der Waals surface area contributed by atoms with E-state index in [0.717, 1.165) is 34.8 Å². The average molecular weight is 279 g/mol. The third-order valence-corrected chi connectivity index (χ3v) is 4.20. The Morgan fingerprint density at radius 2 is 2.24 bits per heavy atom. The summed E-state index contributed by atoms with van der Waals surface area (Å²) in [5.41, 5.74) is 5.91. The van der Waals surface area contributed by atoms with E-state index in [1.54, 1.807) is 12.1 Å². The van der Waals surface area contributed by atoms with Crippen LogP contribution in [0.25, 0.3) is 16.9 Å². The van der Waals surface area contributed by atoms with Crippen LogP contribution in [0.1, 0.15) is 26.6 Å². The Hall–Kier alpha value is -2.42. The lowest BCUT2D eigenvalue weighted by molar-refractivity contribution is -0.660. The maximum Gasteiger partial charge on any atom is 0.218 e. The second-order valence-electron chi connectivity index (χ2n) is 5.56. The molecule has 1 aliphatic rings. The third kappa shape index (κ3) is 1.74. The Balaban J connectivity index is 1.91. The lowest BCUT2D eigenvalue weighted by atomic mass is 9.97. The SMILES string of the molecule is [2H]C([2H])([2H])c1ccc(-c2c3c(cc[n+]2C)-n2ccnc2C3)c(C)c1. The molecule has 104 valence electrons. The smallest absolute Gasteiger partial charge is 0.218 e. The van der Waals surface area contributed by atoms with Gasteiger partial charge in [-0.2, -0.15) is 0 Å². The van der Waals surface area contributed by atoms with E-state index in [2.05, 4.69) is 20.2 Å². The molecule has 2 aromatic heterocycles. The topological polar surface area (TPSA) is 21.7 Å². The summed E-state index contributed by atoms with van der Waals surface area (Å²) in [4.78, 5) is 4.42. The van der Waals surface area contributed by atoms with E-state index in [1.165, 1.54) is 5.56 Å². The molecule has 0 atom stereocenters. The molecule has 3 nitrogen and oxygen atoms in total. The van der Waals surface area contributed by atoms with Crippen LogP contribution in [0.4, 0.5) is 0 Å². The highest BCUT2D eigenvalue weighted by Crippen LogP contribution is 2.33. The number of benzene rings is 1. The minimum atomic E-state index is -2.08. The first-order valence-corrected chi connectivity index (χ1v) is 7.02. The molecule has 0 N–H and O–H groups in total. The number of nitrogens with zero attached hydrogens (tertiary/aromatic N) is 3. The van der Waals surface area contributed by atoms with Crippen molar-refractivity contribution in [3.05, 3.63) is 65.4 Å². The molecule has 0 amide bonds. The first kappa shape index (κ1) is 9.50. The van der Waals surface area contributed by atoms with E-state index < -0.39 is 6.85 Å². The predicted molar refractivity (Wildman–Crippen MR) is 82.5 cm³/mol. The summed E-state index contributed by atoms with van der Waals surface area (Å²) in [6.07, 6.45) is 6.63. The highest BCUT2D eigenvalue weighted by molar-refractivity contribution is 5.70. The average Bonchev–Trinajstić information content (AvgIpc) is 3.07. The first-order valence-electron chi connectivity index (χ1n) is 8.52. The molecular weight excluding hydrogens is 258 g/mol. The second kappa shape index (κ2) is 4.29. The molecule has 0 aliphatic carbocycles. The Kier molecular flexibility index (Phi) is 1.94. The van der Waals surface area contributed by atoms with Gasteiger partial charge in [0.25, 0.3) is 0 Å².